The van der Waals surface area contributed by atoms with E-state index >= 15 is 0 Å². The van der Waals surface area contributed by atoms with E-state index in [9.17, 15) is 4.79 Å². The molecule has 0 radical (unpaired) electrons. The molecule has 0 aliphatic heterocycles. The van der Waals surface area contributed by atoms with E-state index in [0.29, 0.717) is 6.04 Å². The third-order valence-corrected chi connectivity index (χ3v) is 3.39. The van der Waals surface area contributed by atoms with Crippen LogP contribution in [0.1, 0.15) is 44.1 Å². The van der Waals surface area contributed by atoms with Crippen LogP contribution in [0.2, 0.25) is 0 Å². The molecule has 2 heteroatoms. The highest BCUT2D eigenvalue weighted by Gasteiger charge is 2.21. The second kappa shape index (κ2) is 5.15. The van der Waals surface area contributed by atoms with E-state index in [1.807, 2.05) is 37.3 Å². The summed E-state index contributed by atoms with van der Waals surface area (Å²) in [4.78, 5) is 12.0. The molecule has 0 spiro atoms. The quantitative estimate of drug-likeness (QED) is 0.828. The van der Waals surface area contributed by atoms with E-state index in [-0.39, 0.29) is 11.8 Å². The molecule has 1 N–H and O–H groups in total. The zero-order valence-corrected chi connectivity index (χ0v) is 9.78. The highest BCUT2D eigenvalue weighted by molar-refractivity contribution is 5.83. The number of hydrogen-bond donors (Lipinski definition) is 1. The molecule has 1 fully saturated rings. The van der Waals surface area contributed by atoms with Gasteiger partial charge in [-0.1, -0.05) is 43.2 Å². The minimum atomic E-state index is -0.0400. The third-order valence-electron chi connectivity index (χ3n) is 3.39. The van der Waals surface area contributed by atoms with Crippen LogP contribution in [0.15, 0.2) is 30.3 Å². The van der Waals surface area contributed by atoms with Crippen molar-refractivity contribution in [2.75, 3.05) is 0 Å². The fourth-order valence-electron chi connectivity index (χ4n) is 2.29. The third kappa shape index (κ3) is 2.63. The smallest absolute Gasteiger partial charge is 0.227 e. The molecule has 2 nitrogen and oxygen atoms in total. The molecule has 1 aliphatic carbocycles. The van der Waals surface area contributed by atoms with Crippen LogP contribution in [0.5, 0.6) is 0 Å². The molecule has 1 atom stereocenters. The van der Waals surface area contributed by atoms with Gasteiger partial charge in [-0.3, -0.25) is 4.79 Å². The monoisotopic (exact) mass is 217 g/mol. The van der Waals surface area contributed by atoms with Gasteiger partial charge in [-0.15, -0.1) is 0 Å². The average molecular weight is 217 g/mol. The summed E-state index contributed by atoms with van der Waals surface area (Å²) in [5.41, 5.74) is 1.10. The van der Waals surface area contributed by atoms with Crippen LogP contribution in [-0.2, 0) is 4.79 Å². The van der Waals surface area contributed by atoms with Gasteiger partial charge in [0.1, 0.15) is 0 Å². The summed E-state index contributed by atoms with van der Waals surface area (Å²) < 4.78 is 0. The Hall–Kier alpha value is -1.31. The first-order valence-electron chi connectivity index (χ1n) is 6.12. The minimum Gasteiger partial charge on any atom is -0.353 e. The Morgan fingerprint density at radius 3 is 2.50 bits per heavy atom. The number of carbonyl (C=O) groups is 1. The summed E-state index contributed by atoms with van der Waals surface area (Å²) in [7, 11) is 0. The van der Waals surface area contributed by atoms with Crippen molar-refractivity contribution in [2.24, 2.45) is 0 Å². The molecule has 0 heterocycles. The van der Waals surface area contributed by atoms with Crippen LogP contribution < -0.4 is 5.32 Å². The fourth-order valence-corrected chi connectivity index (χ4v) is 2.29. The van der Waals surface area contributed by atoms with Crippen LogP contribution in [-0.4, -0.2) is 11.9 Å². The molecule has 16 heavy (non-hydrogen) atoms. The average Bonchev–Trinajstić information content (AvgIpc) is 2.82. The zero-order chi connectivity index (χ0) is 11.4. The van der Waals surface area contributed by atoms with Gasteiger partial charge in [-0.25, -0.2) is 0 Å². The summed E-state index contributed by atoms with van der Waals surface area (Å²) in [6.45, 7) is 1.97. The molecule has 0 unspecified atom stereocenters. The van der Waals surface area contributed by atoms with Gasteiger partial charge in [0.05, 0.1) is 5.92 Å². The van der Waals surface area contributed by atoms with Crippen LogP contribution in [0.4, 0.5) is 0 Å². The van der Waals surface area contributed by atoms with E-state index in [1.165, 1.54) is 12.8 Å². The van der Waals surface area contributed by atoms with Crippen molar-refractivity contribution in [1.29, 1.82) is 0 Å². The van der Waals surface area contributed by atoms with Crippen molar-refractivity contribution < 1.29 is 4.79 Å². The molecule has 0 aromatic heterocycles. The van der Waals surface area contributed by atoms with Gasteiger partial charge in [-0.2, -0.15) is 0 Å². The van der Waals surface area contributed by atoms with E-state index < -0.39 is 0 Å². The van der Waals surface area contributed by atoms with Crippen LogP contribution in [0, 0.1) is 0 Å². The number of nitrogens with one attached hydrogen (secondary N) is 1. The van der Waals surface area contributed by atoms with Crippen molar-refractivity contribution in [2.45, 2.75) is 44.6 Å². The molecular weight excluding hydrogens is 198 g/mol. The lowest BCUT2D eigenvalue weighted by Crippen LogP contribution is -2.35. The summed E-state index contributed by atoms with van der Waals surface area (Å²) >= 11 is 0. The van der Waals surface area contributed by atoms with Crippen LogP contribution in [0.25, 0.3) is 0 Å². The van der Waals surface area contributed by atoms with Gasteiger partial charge in [0.25, 0.3) is 0 Å². The molecule has 0 bridgehead atoms. The second-order valence-corrected chi connectivity index (χ2v) is 4.62. The van der Waals surface area contributed by atoms with Crippen molar-refractivity contribution in [3.8, 4) is 0 Å². The summed E-state index contributed by atoms with van der Waals surface area (Å²) in [6.07, 6.45) is 4.80. The predicted octanol–water partition coefficient (Wildman–Crippen LogP) is 2.85. The minimum absolute atomic E-state index is 0.0400. The highest BCUT2D eigenvalue weighted by atomic mass is 16.1. The van der Waals surface area contributed by atoms with Crippen molar-refractivity contribution in [3.05, 3.63) is 35.9 Å². The molecule has 1 aromatic rings. The second-order valence-electron chi connectivity index (χ2n) is 4.62. The molecule has 1 aromatic carbocycles. The molecular formula is C14H19NO. The lowest BCUT2D eigenvalue weighted by molar-refractivity contribution is -0.122. The Balaban J connectivity index is 1.94. The number of rotatable bonds is 3. The van der Waals surface area contributed by atoms with Gasteiger partial charge < -0.3 is 5.32 Å². The van der Waals surface area contributed by atoms with Gasteiger partial charge in [0.2, 0.25) is 5.91 Å². The van der Waals surface area contributed by atoms with E-state index in [2.05, 4.69) is 5.32 Å². The molecule has 86 valence electrons. The van der Waals surface area contributed by atoms with Crippen molar-refractivity contribution in [3.63, 3.8) is 0 Å². The molecule has 1 saturated carbocycles. The maximum atomic E-state index is 12.0. The molecule has 2 rings (SSSR count). The molecule has 1 amide bonds. The lowest BCUT2D eigenvalue weighted by Gasteiger charge is -2.16. The first-order chi connectivity index (χ1) is 7.77. The highest BCUT2D eigenvalue weighted by Crippen LogP contribution is 2.20. The van der Waals surface area contributed by atoms with E-state index in [0.717, 1.165) is 18.4 Å². The normalized spacial score (nSPS) is 18.3. The van der Waals surface area contributed by atoms with Crippen molar-refractivity contribution >= 4 is 5.91 Å². The standard InChI is InChI=1S/C14H19NO/c1-11(12-7-3-2-4-8-12)14(16)15-13-9-5-6-10-13/h2-4,7-8,11,13H,5-6,9-10H2,1H3,(H,15,16)/t11-/m1/s1. The first kappa shape index (κ1) is 11.2. The number of carbonyl (C=O) groups excluding carboxylic acids is 1. The summed E-state index contributed by atoms with van der Waals surface area (Å²) in [6, 6.07) is 10.4. The Bertz CT molecular complexity index is 341. The molecule has 1 aliphatic rings. The van der Waals surface area contributed by atoms with E-state index in [4.69, 9.17) is 0 Å². The first-order valence-corrected chi connectivity index (χ1v) is 6.12. The SMILES string of the molecule is C[C@@H](C(=O)NC1CCCC1)c1ccccc1. The lowest BCUT2D eigenvalue weighted by atomic mass is 10.00. The topological polar surface area (TPSA) is 29.1 Å². The Morgan fingerprint density at radius 1 is 1.25 bits per heavy atom. The fraction of sp³-hybridized carbons (Fsp3) is 0.500. The predicted molar refractivity (Wildman–Crippen MR) is 65.3 cm³/mol. The number of hydrogen-bond acceptors (Lipinski definition) is 1. The van der Waals surface area contributed by atoms with Gasteiger partial charge >= 0.3 is 0 Å². The van der Waals surface area contributed by atoms with Gasteiger partial charge in [0.15, 0.2) is 0 Å². The largest absolute Gasteiger partial charge is 0.353 e. The maximum Gasteiger partial charge on any atom is 0.227 e. The Kier molecular flexibility index (Phi) is 3.60. The van der Waals surface area contributed by atoms with Gasteiger partial charge in [0, 0.05) is 6.04 Å². The summed E-state index contributed by atoms with van der Waals surface area (Å²) in [5, 5.41) is 3.14. The van der Waals surface area contributed by atoms with Crippen LogP contribution >= 0.6 is 0 Å². The molecule has 0 saturated heterocycles. The summed E-state index contributed by atoms with van der Waals surface area (Å²) in [5.74, 6) is 0.125. The number of amides is 1. The number of benzene rings is 1. The van der Waals surface area contributed by atoms with Gasteiger partial charge in [-0.05, 0) is 25.3 Å². The maximum absolute atomic E-state index is 12.0. The zero-order valence-electron chi connectivity index (χ0n) is 9.78. The Morgan fingerprint density at radius 2 is 1.88 bits per heavy atom. The van der Waals surface area contributed by atoms with Crippen molar-refractivity contribution in [1.82, 2.24) is 5.32 Å². The van der Waals surface area contributed by atoms with E-state index in [1.54, 1.807) is 0 Å². The Labute approximate surface area is 97.1 Å². The van der Waals surface area contributed by atoms with Crippen LogP contribution in [0.3, 0.4) is 0 Å².